The number of carbonyl (C=O) groups is 1. The molecular formula is C20H21N3O5S2. The highest BCUT2D eigenvalue weighted by Gasteiger charge is 2.26. The molecule has 10 heteroatoms. The van der Waals surface area contributed by atoms with Gasteiger partial charge in [0.05, 0.1) is 16.2 Å². The lowest BCUT2D eigenvalue weighted by molar-refractivity contribution is 0.0467. The van der Waals surface area contributed by atoms with E-state index in [1.807, 2.05) is 12.3 Å². The molecule has 0 amide bonds. The van der Waals surface area contributed by atoms with Crippen molar-refractivity contribution < 1.29 is 17.9 Å². The van der Waals surface area contributed by atoms with Crippen LogP contribution in [0.3, 0.4) is 0 Å². The van der Waals surface area contributed by atoms with Crippen LogP contribution < -0.4 is 5.56 Å². The molecular weight excluding hydrogens is 426 g/mol. The van der Waals surface area contributed by atoms with Gasteiger partial charge in [-0.25, -0.2) is 18.2 Å². The van der Waals surface area contributed by atoms with Crippen LogP contribution in [0.5, 0.6) is 0 Å². The third kappa shape index (κ3) is 4.03. The van der Waals surface area contributed by atoms with Crippen molar-refractivity contribution in [3.05, 3.63) is 63.0 Å². The van der Waals surface area contributed by atoms with E-state index in [4.69, 9.17) is 4.74 Å². The zero-order chi connectivity index (χ0) is 21.3. The first-order chi connectivity index (χ1) is 14.4. The fraction of sp³-hybridized carbons (Fsp3) is 0.350. The normalized spacial score (nSPS) is 15.4. The largest absolute Gasteiger partial charge is 0.456 e. The first-order valence-electron chi connectivity index (χ1n) is 9.60. The Morgan fingerprint density at radius 1 is 1.17 bits per heavy atom. The van der Waals surface area contributed by atoms with Crippen molar-refractivity contribution in [2.45, 2.75) is 37.7 Å². The topological polar surface area (TPSA) is 98.0 Å². The smallest absolute Gasteiger partial charge is 0.338 e. The number of thiazole rings is 1. The van der Waals surface area contributed by atoms with Gasteiger partial charge in [-0.15, -0.1) is 11.3 Å². The van der Waals surface area contributed by atoms with Crippen LogP contribution in [0.15, 0.2) is 45.4 Å². The number of aromatic nitrogens is 2. The van der Waals surface area contributed by atoms with Gasteiger partial charge in [-0.05, 0) is 44.0 Å². The molecule has 1 saturated heterocycles. The van der Waals surface area contributed by atoms with Gasteiger partial charge in [-0.3, -0.25) is 9.20 Å². The van der Waals surface area contributed by atoms with Crippen LogP contribution in [0.4, 0.5) is 0 Å². The molecule has 1 fully saturated rings. The fourth-order valence-corrected chi connectivity index (χ4v) is 5.82. The molecule has 4 rings (SSSR count). The zero-order valence-electron chi connectivity index (χ0n) is 16.4. The maximum Gasteiger partial charge on any atom is 0.338 e. The summed E-state index contributed by atoms with van der Waals surface area (Å²) in [6, 6.07) is 7.06. The third-order valence-corrected chi connectivity index (χ3v) is 7.88. The van der Waals surface area contributed by atoms with Crippen LogP contribution >= 0.6 is 11.3 Å². The predicted molar refractivity (Wildman–Crippen MR) is 112 cm³/mol. The van der Waals surface area contributed by atoms with Crippen molar-refractivity contribution in [3.8, 4) is 0 Å². The van der Waals surface area contributed by atoms with E-state index >= 15 is 0 Å². The summed E-state index contributed by atoms with van der Waals surface area (Å²) in [4.78, 5) is 29.6. The van der Waals surface area contributed by atoms with E-state index in [0.29, 0.717) is 23.7 Å². The van der Waals surface area contributed by atoms with Crippen LogP contribution in [0.2, 0.25) is 0 Å². The number of sulfonamides is 1. The van der Waals surface area contributed by atoms with Crippen molar-refractivity contribution in [1.82, 2.24) is 13.7 Å². The number of hydrogen-bond donors (Lipinski definition) is 0. The maximum absolute atomic E-state index is 12.7. The lowest BCUT2D eigenvalue weighted by atomic mass is 10.2. The number of esters is 1. The minimum Gasteiger partial charge on any atom is -0.456 e. The molecule has 0 spiro atoms. The van der Waals surface area contributed by atoms with Crippen LogP contribution in [0.25, 0.3) is 4.96 Å². The average molecular weight is 448 g/mol. The summed E-state index contributed by atoms with van der Waals surface area (Å²) >= 11 is 1.34. The van der Waals surface area contributed by atoms with E-state index in [-0.39, 0.29) is 22.6 Å². The Labute approximate surface area is 177 Å². The molecule has 1 aromatic carbocycles. The number of ether oxygens (including phenoxy) is 1. The van der Waals surface area contributed by atoms with E-state index in [2.05, 4.69) is 4.98 Å². The van der Waals surface area contributed by atoms with E-state index in [0.717, 1.165) is 25.0 Å². The molecule has 8 nitrogen and oxygen atoms in total. The monoisotopic (exact) mass is 447 g/mol. The highest BCUT2D eigenvalue weighted by atomic mass is 32.2. The summed E-state index contributed by atoms with van der Waals surface area (Å²) < 4.78 is 33.6. The minimum absolute atomic E-state index is 0.144. The number of nitrogens with zero attached hydrogens (tertiary/aromatic N) is 3. The zero-order valence-corrected chi connectivity index (χ0v) is 18.0. The second kappa shape index (κ2) is 8.29. The lowest BCUT2D eigenvalue weighted by Crippen LogP contribution is -2.35. The summed E-state index contributed by atoms with van der Waals surface area (Å²) in [6.07, 6.45) is 2.76. The molecule has 1 aliphatic heterocycles. The number of carbonyl (C=O) groups excluding carboxylic acids is 1. The molecule has 0 saturated carbocycles. The molecule has 0 N–H and O–H groups in total. The van der Waals surface area contributed by atoms with Crippen molar-refractivity contribution in [3.63, 3.8) is 0 Å². The van der Waals surface area contributed by atoms with Crippen molar-refractivity contribution >= 4 is 32.3 Å². The Morgan fingerprint density at radius 2 is 1.87 bits per heavy atom. The van der Waals surface area contributed by atoms with Gasteiger partial charge in [0.25, 0.3) is 5.56 Å². The number of hydrogen-bond acceptors (Lipinski definition) is 7. The SMILES string of the molecule is Cc1csc2nc(COC(=O)c3ccc(S(=O)(=O)N4CCCCC4)cc3)cc(=O)n12. The summed E-state index contributed by atoms with van der Waals surface area (Å²) in [5, 5.41) is 1.83. The average Bonchev–Trinajstić information content (AvgIpc) is 3.14. The van der Waals surface area contributed by atoms with E-state index in [1.54, 1.807) is 0 Å². The third-order valence-electron chi connectivity index (χ3n) is 5.02. The lowest BCUT2D eigenvalue weighted by Gasteiger charge is -2.25. The highest BCUT2D eigenvalue weighted by molar-refractivity contribution is 7.89. The Balaban J connectivity index is 1.45. The molecule has 30 heavy (non-hydrogen) atoms. The summed E-state index contributed by atoms with van der Waals surface area (Å²) in [5.74, 6) is -0.610. The molecule has 3 heterocycles. The van der Waals surface area contributed by atoms with Gasteiger partial charge in [0.15, 0.2) is 4.96 Å². The Hall–Kier alpha value is -2.56. The second-order valence-corrected chi connectivity index (χ2v) is 9.92. The molecule has 3 aromatic rings. The van der Waals surface area contributed by atoms with Crippen molar-refractivity contribution in [1.29, 1.82) is 0 Å². The van der Waals surface area contributed by atoms with Gasteiger partial charge >= 0.3 is 5.97 Å². The number of aryl methyl sites for hydroxylation is 1. The molecule has 2 aromatic heterocycles. The van der Waals surface area contributed by atoms with Crippen LogP contribution in [-0.2, 0) is 21.4 Å². The standard InChI is InChI=1S/C20H21N3O5S2/c1-14-13-29-20-21-16(11-18(24)23(14)20)12-28-19(25)15-5-7-17(8-6-15)30(26,27)22-9-3-2-4-10-22/h5-8,11,13H,2-4,9-10,12H2,1H3. The number of fused-ring (bicyclic) bond motifs is 1. The first-order valence-corrected chi connectivity index (χ1v) is 11.9. The Morgan fingerprint density at radius 3 is 2.57 bits per heavy atom. The summed E-state index contributed by atoms with van der Waals surface area (Å²) in [6.45, 7) is 2.72. The van der Waals surface area contributed by atoms with Gasteiger partial charge in [-0.1, -0.05) is 6.42 Å². The second-order valence-electron chi connectivity index (χ2n) is 7.15. The molecule has 0 aliphatic carbocycles. The van der Waals surface area contributed by atoms with Crippen molar-refractivity contribution in [2.24, 2.45) is 0 Å². The molecule has 0 unspecified atom stereocenters. The summed E-state index contributed by atoms with van der Waals surface area (Å²) in [7, 11) is -3.55. The molecule has 0 bridgehead atoms. The molecule has 158 valence electrons. The minimum atomic E-state index is -3.55. The number of benzene rings is 1. The van der Waals surface area contributed by atoms with Gasteiger partial charge in [0.1, 0.15) is 6.61 Å². The van der Waals surface area contributed by atoms with Crippen LogP contribution in [0, 0.1) is 6.92 Å². The van der Waals surface area contributed by atoms with Crippen LogP contribution in [-0.4, -0.2) is 41.2 Å². The number of rotatable bonds is 5. The van der Waals surface area contributed by atoms with Gasteiger partial charge in [0.2, 0.25) is 10.0 Å². The maximum atomic E-state index is 12.7. The van der Waals surface area contributed by atoms with Gasteiger partial charge in [0, 0.05) is 30.2 Å². The molecule has 1 aliphatic rings. The molecule has 0 radical (unpaired) electrons. The summed E-state index contributed by atoms with van der Waals surface area (Å²) in [5.41, 5.74) is 1.17. The van der Waals surface area contributed by atoms with Gasteiger partial charge in [-0.2, -0.15) is 4.31 Å². The van der Waals surface area contributed by atoms with Crippen LogP contribution in [0.1, 0.15) is 41.0 Å². The van der Waals surface area contributed by atoms with Crippen molar-refractivity contribution in [2.75, 3.05) is 13.1 Å². The predicted octanol–water partition coefficient (Wildman–Crippen LogP) is 2.60. The highest BCUT2D eigenvalue weighted by Crippen LogP contribution is 2.21. The Kier molecular flexibility index (Phi) is 5.72. The number of piperidine rings is 1. The van der Waals surface area contributed by atoms with E-state index in [1.165, 1.54) is 50.4 Å². The quantitative estimate of drug-likeness (QED) is 0.558. The first kappa shape index (κ1) is 20.7. The van der Waals surface area contributed by atoms with E-state index < -0.39 is 16.0 Å². The fourth-order valence-electron chi connectivity index (χ4n) is 3.41. The Bertz CT molecular complexity index is 1240. The van der Waals surface area contributed by atoms with Gasteiger partial charge < -0.3 is 4.74 Å². The molecule has 0 atom stereocenters. The van der Waals surface area contributed by atoms with E-state index in [9.17, 15) is 18.0 Å².